The Hall–Kier alpha value is -3.02. The molecule has 0 aliphatic carbocycles. The van der Waals surface area contributed by atoms with Crippen LogP contribution in [0.3, 0.4) is 0 Å². The van der Waals surface area contributed by atoms with Crippen LogP contribution in [0, 0.1) is 11.6 Å². The maximum atomic E-state index is 13.3. The Kier molecular flexibility index (Phi) is 4.12. The van der Waals surface area contributed by atoms with E-state index in [1.54, 1.807) is 6.08 Å². The third-order valence-electron chi connectivity index (χ3n) is 3.50. The number of anilines is 1. The summed E-state index contributed by atoms with van der Waals surface area (Å²) < 4.78 is 31.3. The quantitative estimate of drug-likeness (QED) is 0.641. The van der Waals surface area contributed by atoms with Gasteiger partial charge in [0.2, 0.25) is 5.90 Å². The van der Waals surface area contributed by atoms with Crippen molar-refractivity contribution in [1.29, 1.82) is 0 Å². The van der Waals surface area contributed by atoms with Gasteiger partial charge in [-0.25, -0.2) is 18.6 Å². The number of hydrogen-bond donors (Lipinski definition) is 0. The number of benzene rings is 2. The molecule has 0 aromatic heterocycles. The van der Waals surface area contributed by atoms with Gasteiger partial charge in [0, 0.05) is 25.3 Å². The Morgan fingerprint density at radius 3 is 2.38 bits per heavy atom. The lowest BCUT2D eigenvalue weighted by molar-refractivity contribution is -0.129. The standard InChI is InChI=1S/C18H14F2N2O2/c1-22(2)13-6-3-11(4-7-13)9-16-18(23)24-17(21-16)12-5-8-14(19)15(20)10-12/h3-10H,1-2H3/b16-9+. The molecule has 0 atom stereocenters. The van der Waals surface area contributed by atoms with Crippen molar-refractivity contribution in [3.8, 4) is 0 Å². The number of esters is 1. The summed E-state index contributed by atoms with van der Waals surface area (Å²) >= 11 is 0. The summed E-state index contributed by atoms with van der Waals surface area (Å²) in [5.74, 6) is -2.68. The fourth-order valence-corrected chi connectivity index (χ4v) is 2.19. The smallest absolute Gasteiger partial charge is 0.363 e. The number of halogens is 2. The van der Waals surface area contributed by atoms with Gasteiger partial charge < -0.3 is 9.64 Å². The molecule has 0 saturated heterocycles. The Morgan fingerprint density at radius 2 is 1.75 bits per heavy atom. The minimum Gasteiger partial charge on any atom is -0.402 e. The first-order valence-electron chi connectivity index (χ1n) is 7.19. The summed E-state index contributed by atoms with van der Waals surface area (Å²) in [5, 5.41) is 0. The van der Waals surface area contributed by atoms with Gasteiger partial charge in [-0.1, -0.05) is 12.1 Å². The Bertz CT molecular complexity index is 856. The first kappa shape index (κ1) is 15.9. The molecule has 1 aliphatic heterocycles. The van der Waals surface area contributed by atoms with E-state index < -0.39 is 17.6 Å². The zero-order valence-electron chi connectivity index (χ0n) is 13.1. The molecular weight excluding hydrogens is 314 g/mol. The summed E-state index contributed by atoms with van der Waals surface area (Å²) in [6.45, 7) is 0. The van der Waals surface area contributed by atoms with Crippen LogP contribution in [0.5, 0.6) is 0 Å². The maximum Gasteiger partial charge on any atom is 0.363 e. The van der Waals surface area contributed by atoms with E-state index in [0.717, 1.165) is 23.4 Å². The third-order valence-corrected chi connectivity index (χ3v) is 3.50. The number of hydrogen-bond acceptors (Lipinski definition) is 4. The van der Waals surface area contributed by atoms with Crippen molar-refractivity contribution in [3.63, 3.8) is 0 Å². The number of ether oxygens (including phenoxy) is 1. The van der Waals surface area contributed by atoms with Crippen molar-refractivity contribution in [3.05, 3.63) is 70.9 Å². The monoisotopic (exact) mass is 328 g/mol. The Balaban J connectivity index is 1.89. The molecule has 2 aromatic carbocycles. The van der Waals surface area contributed by atoms with Gasteiger partial charge in [0.25, 0.3) is 0 Å². The van der Waals surface area contributed by atoms with Gasteiger partial charge in [-0.3, -0.25) is 0 Å². The van der Waals surface area contributed by atoms with E-state index >= 15 is 0 Å². The summed E-state index contributed by atoms with van der Waals surface area (Å²) in [4.78, 5) is 17.9. The molecular formula is C18H14F2N2O2. The van der Waals surface area contributed by atoms with Crippen LogP contribution in [0.2, 0.25) is 0 Å². The number of cyclic esters (lactones) is 1. The lowest BCUT2D eigenvalue weighted by atomic mass is 10.1. The number of carbonyl (C=O) groups is 1. The molecule has 0 saturated carbocycles. The summed E-state index contributed by atoms with van der Waals surface area (Å²) in [6.07, 6.45) is 1.58. The van der Waals surface area contributed by atoms with Crippen molar-refractivity contribution >= 4 is 23.6 Å². The highest BCUT2D eigenvalue weighted by atomic mass is 19.2. The molecule has 0 spiro atoms. The van der Waals surface area contributed by atoms with E-state index in [1.165, 1.54) is 6.07 Å². The van der Waals surface area contributed by atoms with Crippen LogP contribution >= 0.6 is 0 Å². The van der Waals surface area contributed by atoms with E-state index in [2.05, 4.69) is 4.99 Å². The van der Waals surface area contributed by atoms with Crippen molar-refractivity contribution < 1.29 is 18.3 Å². The average Bonchev–Trinajstić information content (AvgIpc) is 2.91. The second kappa shape index (κ2) is 6.23. The van der Waals surface area contributed by atoms with Crippen LogP contribution in [0.15, 0.2) is 53.2 Å². The second-order valence-corrected chi connectivity index (χ2v) is 5.45. The highest BCUT2D eigenvalue weighted by Gasteiger charge is 2.24. The van der Waals surface area contributed by atoms with Crippen molar-refractivity contribution in [1.82, 2.24) is 0 Å². The molecule has 0 bridgehead atoms. The minimum atomic E-state index is -1.03. The van der Waals surface area contributed by atoms with Gasteiger partial charge >= 0.3 is 5.97 Å². The molecule has 1 heterocycles. The molecule has 122 valence electrons. The van der Waals surface area contributed by atoms with E-state index in [1.807, 2.05) is 43.3 Å². The van der Waals surface area contributed by atoms with Crippen molar-refractivity contribution in [2.24, 2.45) is 4.99 Å². The first-order valence-corrected chi connectivity index (χ1v) is 7.19. The first-order chi connectivity index (χ1) is 11.4. The zero-order valence-corrected chi connectivity index (χ0v) is 13.1. The molecule has 0 radical (unpaired) electrons. The minimum absolute atomic E-state index is 0.0462. The van der Waals surface area contributed by atoms with Crippen LogP contribution in [0.4, 0.5) is 14.5 Å². The lowest BCUT2D eigenvalue weighted by Crippen LogP contribution is -2.08. The molecule has 24 heavy (non-hydrogen) atoms. The molecule has 0 fully saturated rings. The van der Waals surface area contributed by atoms with E-state index in [4.69, 9.17) is 4.74 Å². The van der Waals surface area contributed by atoms with Gasteiger partial charge in [0.1, 0.15) is 0 Å². The molecule has 0 unspecified atom stereocenters. The summed E-state index contributed by atoms with van der Waals surface area (Å²) in [6, 6.07) is 10.7. The lowest BCUT2D eigenvalue weighted by Gasteiger charge is -2.11. The predicted octanol–water partition coefficient (Wildman–Crippen LogP) is 3.38. The number of aliphatic imine (C=N–C) groups is 1. The fraction of sp³-hybridized carbons (Fsp3) is 0.111. The topological polar surface area (TPSA) is 41.9 Å². The normalized spacial score (nSPS) is 15.4. The van der Waals surface area contributed by atoms with E-state index in [0.29, 0.717) is 0 Å². The SMILES string of the molecule is CN(C)c1ccc(/C=C2/N=C(c3ccc(F)c(F)c3)OC2=O)cc1. The average molecular weight is 328 g/mol. The van der Waals surface area contributed by atoms with Gasteiger partial charge in [-0.2, -0.15) is 0 Å². The zero-order chi connectivity index (χ0) is 17.3. The fourth-order valence-electron chi connectivity index (χ4n) is 2.19. The summed E-state index contributed by atoms with van der Waals surface area (Å²) in [5.41, 5.74) is 2.11. The van der Waals surface area contributed by atoms with E-state index in [9.17, 15) is 13.6 Å². The maximum absolute atomic E-state index is 13.3. The summed E-state index contributed by atoms with van der Waals surface area (Å²) in [7, 11) is 3.86. The number of carbonyl (C=O) groups excluding carboxylic acids is 1. The van der Waals surface area contributed by atoms with Gasteiger partial charge in [-0.15, -0.1) is 0 Å². The molecule has 6 heteroatoms. The van der Waals surface area contributed by atoms with Crippen LogP contribution in [-0.2, 0) is 9.53 Å². The highest BCUT2D eigenvalue weighted by Crippen LogP contribution is 2.21. The molecule has 3 rings (SSSR count). The molecule has 0 amide bonds. The van der Waals surface area contributed by atoms with Crippen LogP contribution in [0.1, 0.15) is 11.1 Å². The highest BCUT2D eigenvalue weighted by molar-refractivity contribution is 6.12. The third kappa shape index (κ3) is 3.17. The Morgan fingerprint density at radius 1 is 1.04 bits per heavy atom. The van der Waals surface area contributed by atoms with E-state index in [-0.39, 0.29) is 17.2 Å². The van der Waals surface area contributed by atoms with Gasteiger partial charge in [-0.05, 0) is 42.0 Å². The van der Waals surface area contributed by atoms with Crippen LogP contribution < -0.4 is 4.90 Å². The Labute approximate surface area is 137 Å². The van der Waals surface area contributed by atoms with Crippen LogP contribution in [-0.4, -0.2) is 26.0 Å². The molecule has 1 aliphatic rings. The largest absolute Gasteiger partial charge is 0.402 e. The molecule has 4 nitrogen and oxygen atoms in total. The number of rotatable bonds is 3. The second-order valence-electron chi connectivity index (χ2n) is 5.45. The van der Waals surface area contributed by atoms with Crippen LogP contribution in [0.25, 0.3) is 6.08 Å². The predicted molar refractivity (Wildman–Crippen MR) is 87.7 cm³/mol. The van der Waals surface area contributed by atoms with Crippen molar-refractivity contribution in [2.75, 3.05) is 19.0 Å². The molecule has 0 N–H and O–H groups in total. The van der Waals surface area contributed by atoms with Gasteiger partial charge in [0.05, 0.1) is 0 Å². The van der Waals surface area contributed by atoms with Gasteiger partial charge in [0.15, 0.2) is 17.3 Å². The number of nitrogens with zero attached hydrogens (tertiary/aromatic N) is 2. The van der Waals surface area contributed by atoms with Crippen molar-refractivity contribution in [2.45, 2.75) is 0 Å². The molecule has 2 aromatic rings.